The average molecular weight is 279 g/mol. The topological polar surface area (TPSA) is 113 Å². The standard InChI is InChI=1S/C11H18FNO6/c1-11(2,3)19-10(18)13-6(5-8(14)15)4-7(12)9(16)17/h6-7H,4-5H2,1-3H3,(H,13,18)(H,14,15)(H,16,17)/t6-,7?/m0/s1. The highest BCUT2D eigenvalue weighted by molar-refractivity contribution is 5.74. The Labute approximate surface area is 109 Å². The number of carboxylic acids is 2. The number of alkyl carbamates (subject to hydrolysis) is 1. The number of hydrogen-bond acceptors (Lipinski definition) is 4. The lowest BCUT2D eigenvalue weighted by Crippen LogP contribution is -2.42. The number of amides is 1. The molecule has 0 aliphatic carbocycles. The number of nitrogens with one attached hydrogen (secondary N) is 1. The van der Waals surface area contributed by atoms with Crippen molar-refractivity contribution in [3.8, 4) is 0 Å². The van der Waals surface area contributed by atoms with E-state index in [9.17, 15) is 18.8 Å². The van der Waals surface area contributed by atoms with E-state index in [1.807, 2.05) is 0 Å². The molecule has 0 saturated carbocycles. The van der Waals surface area contributed by atoms with Crippen LogP contribution in [0, 0.1) is 0 Å². The van der Waals surface area contributed by atoms with E-state index < -0.39 is 48.7 Å². The number of rotatable bonds is 6. The van der Waals surface area contributed by atoms with Crippen molar-refractivity contribution in [2.45, 2.75) is 51.4 Å². The molecule has 0 aromatic rings. The number of alkyl halides is 1. The highest BCUT2D eigenvalue weighted by atomic mass is 19.1. The van der Waals surface area contributed by atoms with Crippen molar-refractivity contribution in [2.75, 3.05) is 0 Å². The van der Waals surface area contributed by atoms with Crippen molar-refractivity contribution in [3.63, 3.8) is 0 Å². The zero-order valence-corrected chi connectivity index (χ0v) is 11.0. The molecule has 2 atom stereocenters. The van der Waals surface area contributed by atoms with Gasteiger partial charge < -0.3 is 20.3 Å². The maximum Gasteiger partial charge on any atom is 0.407 e. The molecule has 1 amide bonds. The van der Waals surface area contributed by atoms with Crippen LogP contribution in [0.15, 0.2) is 0 Å². The summed E-state index contributed by atoms with van der Waals surface area (Å²) in [7, 11) is 0. The van der Waals surface area contributed by atoms with E-state index >= 15 is 0 Å². The molecule has 0 aliphatic rings. The third-order valence-corrected chi connectivity index (χ3v) is 1.90. The first kappa shape index (κ1) is 17.1. The van der Waals surface area contributed by atoms with Crippen LogP contribution in [-0.2, 0) is 14.3 Å². The van der Waals surface area contributed by atoms with Crippen LogP contribution in [0.3, 0.4) is 0 Å². The Morgan fingerprint density at radius 3 is 2.16 bits per heavy atom. The lowest BCUT2D eigenvalue weighted by molar-refractivity contribution is -0.144. The minimum atomic E-state index is -2.25. The largest absolute Gasteiger partial charge is 0.481 e. The molecule has 0 rings (SSSR count). The zero-order valence-electron chi connectivity index (χ0n) is 11.0. The van der Waals surface area contributed by atoms with Gasteiger partial charge in [-0.25, -0.2) is 14.0 Å². The SMILES string of the molecule is CC(C)(C)OC(=O)N[C@H](CC(=O)O)CC(F)C(=O)O. The van der Waals surface area contributed by atoms with Gasteiger partial charge in [-0.2, -0.15) is 0 Å². The van der Waals surface area contributed by atoms with Crippen molar-refractivity contribution < 1.29 is 33.7 Å². The average Bonchev–Trinajstić information content (AvgIpc) is 2.12. The second-order valence-electron chi connectivity index (χ2n) is 4.98. The molecule has 110 valence electrons. The molecule has 0 aromatic heterocycles. The van der Waals surface area contributed by atoms with Gasteiger partial charge in [-0.1, -0.05) is 0 Å². The summed E-state index contributed by atoms with van der Waals surface area (Å²) in [6, 6.07) is -1.15. The number of carbonyl (C=O) groups excluding carboxylic acids is 1. The second kappa shape index (κ2) is 6.91. The van der Waals surface area contributed by atoms with Crippen LogP contribution in [0.2, 0.25) is 0 Å². The van der Waals surface area contributed by atoms with Gasteiger partial charge in [0.1, 0.15) is 5.60 Å². The smallest absolute Gasteiger partial charge is 0.407 e. The van der Waals surface area contributed by atoms with Crippen molar-refractivity contribution in [1.82, 2.24) is 5.32 Å². The Kier molecular flexibility index (Phi) is 6.23. The summed E-state index contributed by atoms with van der Waals surface area (Å²) >= 11 is 0. The lowest BCUT2D eigenvalue weighted by Gasteiger charge is -2.23. The Morgan fingerprint density at radius 1 is 1.26 bits per heavy atom. The fraction of sp³-hybridized carbons (Fsp3) is 0.727. The molecule has 0 saturated heterocycles. The quantitative estimate of drug-likeness (QED) is 0.672. The Hall–Kier alpha value is -1.86. The maximum absolute atomic E-state index is 13.0. The highest BCUT2D eigenvalue weighted by Gasteiger charge is 2.26. The van der Waals surface area contributed by atoms with Gasteiger partial charge in [-0.3, -0.25) is 4.79 Å². The molecule has 0 heterocycles. The fourth-order valence-electron chi connectivity index (χ4n) is 1.23. The predicted molar refractivity (Wildman–Crippen MR) is 62.6 cm³/mol. The molecule has 0 bridgehead atoms. The fourth-order valence-corrected chi connectivity index (χ4v) is 1.23. The van der Waals surface area contributed by atoms with Crippen molar-refractivity contribution in [1.29, 1.82) is 0 Å². The van der Waals surface area contributed by atoms with Crippen LogP contribution in [0.1, 0.15) is 33.6 Å². The molecule has 1 unspecified atom stereocenters. The zero-order chi connectivity index (χ0) is 15.2. The Balaban J connectivity index is 4.55. The third-order valence-electron chi connectivity index (χ3n) is 1.90. The van der Waals surface area contributed by atoms with E-state index in [2.05, 4.69) is 5.32 Å². The van der Waals surface area contributed by atoms with E-state index in [0.717, 1.165) is 0 Å². The van der Waals surface area contributed by atoms with Crippen molar-refractivity contribution in [2.24, 2.45) is 0 Å². The number of hydrogen-bond donors (Lipinski definition) is 3. The molecule has 0 radical (unpaired) electrons. The molecule has 0 aromatic carbocycles. The molecular formula is C11H18FNO6. The molecule has 3 N–H and O–H groups in total. The van der Waals surface area contributed by atoms with Gasteiger partial charge in [0, 0.05) is 12.5 Å². The van der Waals surface area contributed by atoms with Crippen LogP contribution >= 0.6 is 0 Å². The summed E-state index contributed by atoms with van der Waals surface area (Å²) in [6.07, 6.45) is -4.40. The van der Waals surface area contributed by atoms with Crippen molar-refractivity contribution in [3.05, 3.63) is 0 Å². The Morgan fingerprint density at radius 2 is 1.79 bits per heavy atom. The summed E-state index contributed by atoms with van der Waals surface area (Å²) in [4.78, 5) is 32.3. The third kappa shape index (κ3) is 8.81. The number of halogens is 1. The first-order valence-electron chi connectivity index (χ1n) is 5.59. The van der Waals surface area contributed by atoms with Crippen LogP contribution in [0.4, 0.5) is 9.18 Å². The van der Waals surface area contributed by atoms with Gasteiger partial charge in [0.15, 0.2) is 6.17 Å². The van der Waals surface area contributed by atoms with Crippen LogP contribution in [0.5, 0.6) is 0 Å². The molecule has 0 spiro atoms. The molecule has 0 fully saturated rings. The van der Waals surface area contributed by atoms with E-state index in [1.165, 1.54) is 0 Å². The molecule has 0 aliphatic heterocycles. The highest BCUT2D eigenvalue weighted by Crippen LogP contribution is 2.10. The normalized spacial score (nSPS) is 14.3. The first-order chi connectivity index (χ1) is 8.51. The van der Waals surface area contributed by atoms with Crippen LogP contribution in [0.25, 0.3) is 0 Å². The minimum Gasteiger partial charge on any atom is -0.481 e. The van der Waals surface area contributed by atoms with Crippen LogP contribution < -0.4 is 5.32 Å². The number of carboxylic acid groups (broad SMARTS) is 2. The van der Waals surface area contributed by atoms with Gasteiger partial charge in [0.25, 0.3) is 0 Å². The predicted octanol–water partition coefficient (Wildman–Crippen LogP) is 1.17. The molecule has 8 heteroatoms. The number of ether oxygens (including phenoxy) is 1. The van der Waals surface area contributed by atoms with Gasteiger partial charge >= 0.3 is 18.0 Å². The van der Waals surface area contributed by atoms with Gasteiger partial charge in [0.2, 0.25) is 0 Å². The summed E-state index contributed by atoms with van der Waals surface area (Å²) in [6.45, 7) is 4.82. The summed E-state index contributed by atoms with van der Waals surface area (Å²) in [5, 5.41) is 19.2. The van der Waals surface area contributed by atoms with Crippen LogP contribution in [-0.4, -0.2) is 46.1 Å². The summed E-state index contributed by atoms with van der Waals surface area (Å²) < 4.78 is 17.9. The van der Waals surface area contributed by atoms with Gasteiger partial charge in [-0.05, 0) is 20.8 Å². The number of aliphatic carboxylic acids is 2. The van der Waals surface area contributed by atoms with E-state index in [1.54, 1.807) is 20.8 Å². The Bertz CT molecular complexity index is 352. The van der Waals surface area contributed by atoms with E-state index in [4.69, 9.17) is 14.9 Å². The molecular weight excluding hydrogens is 261 g/mol. The first-order valence-corrected chi connectivity index (χ1v) is 5.59. The number of carbonyl (C=O) groups is 3. The summed E-state index contributed by atoms with van der Waals surface area (Å²) in [5.74, 6) is -2.99. The minimum absolute atomic E-state index is 0.590. The van der Waals surface area contributed by atoms with E-state index in [-0.39, 0.29) is 0 Å². The van der Waals surface area contributed by atoms with Crippen molar-refractivity contribution >= 4 is 18.0 Å². The molecule has 7 nitrogen and oxygen atoms in total. The lowest BCUT2D eigenvalue weighted by atomic mass is 10.1. The van der Waals surface area contributed by atoms with Gasteiger partial charge in [0.05, 0.1) is 6.42 Å². The van der Waals surface area contributed by atoms with Gasteiger partial charge in [-0.15, -0.1) is 0 Å². The maximum atomic E-state index is 13.0. The second-order valence-corrected chi connectivity index (χ2v) is 4.98. The molecule has 19 heavy (non-hydrogen) atoms. The summed E-state index contributed by atoms with van der Waals surface area (Å²) in [5.41, 5.74) is -0.792. The van der Waals surface area contributed by atoms with E-state index in [0.29, 0.717) is 0 Å². The monoisotopic (exact) mass is 279 g/mol.